The van der Waals surface area contributed by atoms with Gasteiger partial charge >= 0.3 is 5.82 Å². The maximum Gasteiger partial charge on any atom is 0.406 e. The number of hydrogen-bond donors (Lipinski definition) is 1. The van der Waals surface area contributed by atoms with E-state index in [9.17, 15) is 10.1 Å². The monoisotopic (exact) mass is 254 g/mol. The number of aromatic nitrogens is 2. The summed E-state index contributed by atoms with van der Waals surface area (Å²) in [6.07, 6.45) is 4.74. The summed E-state index contributed by atoms with van der Waals surface area (Å²) in [7, 11) is 3.44. The number of aryl methyl sites for hydroxylation is 1. The van der Waals surface area contributed by atoms with E-state index in [0.717, 1.165) is 32.4 Å². The number of ether oxygens (including phenoxy) is 1. The van der Waals surface area contributed by atoms with E-state index in [0.29, 0.717) is 5.82 Å². The first-order valence-electron chi connectivity index (χ1n) is 5.96. The van der Waals surface area contributed by atoms with Crippen molar-refractivity contribution >= 4 is 11.6 Å². The Labute approximate surface area is 105 Å². The van der Waals surface area contributed by atoms with Gasteiger partial charge in [0.2, 0.25) is 12.1 Å². The first-order valence-corrected chi connectivity index (χ1v) is 5.96. The number of anilines is 1. The molecule has 2 rings (SSSR count). The molecular formula is C11H18N4O3. The molecule has 7 nitrogen and oxygen atoms in total. The quantitative estimate of drug-likeness (QED) is 0.589. The molecule has 0 atom stereocenters. The fourth-order valence-electron chi connectivity index (χ4n) is 2.04. The minimum Gasteiger partial charge on any atom is -0.385 e. The van der Waals surface area contributed by atoms with Crippen molar-refractivity contribution in [3.63, 3.8) is 0 Å². The van der Waals surface area contributed by atoms with E-state index in [4.69, 9.17) is 4.74 Å². The van der Waals surface area contributed by atoms with Crippen LogP contribution in [-0.4, -0.2) is 34.7 Å². The maximum atomic E-state index is 10.8. The largest absolute Gasteiger partial charge is 0.406 e. The minimum absolute atomic E-state index is 0.111. The van der Waals surface area contributed by atoms with Gasteiger partial charge in [-0.15, -0.1) is 0 Å². The van der Waals surface area contributed by atoms with Crippen LogP contribution in [-0.2, 0) is 11.8 Å². The lowest BCUT2D eigenvalue weighted by Gasteiger charge is -2.15. The predicted molar refractivity (Wildman–Crippen MR) is 66.5 cm³/mol. The van der Waals surface area contributed by atoms with Crippen LogP contribution in [0.25, 0.3) is 0 Å². The van der Waals surface area contributed by atoms with Crippen LogP contribution >= 0.6 is 0 Å². The van der Waals surface area contributed by atoms with Gasteiger partial charge in [0.25, 0.3) is 0 Å². The Morgan fingerprint density at radius 2 is 2.39 bits per heavy atom. The van der Waals surface area contributed by atoms with Gasteiger partial charge in [0.05, 0.1) is 0 Å². The molecule has 0 bridgehead atoms. The highest BCUT2D eigenvalue weighted by Crippen LogP contribution is 2.48. The summed E-state index contributed by atoms with van der Waals surface area (Å²) in [6, 6.07) is 0. The Balaban J connectivity index is 1.98. The molecule has 0 amide bonds. The van der Waals surface area contributed by atoms with Crippen molar-refractivity contribution in [1.29, 1.82) is 0 Å². The number of imidazole rings is 1. The normalized spacial score (nSPS) is 16.6. The highest BCUT2D eigenvalue weighted by Gasteiger charge is 2.42. The average Bonchev–Trinajstić information content (AvgIpc) is 3.01. The molecule has 0 aromatic carbocycles. The first-order chi connectivity index (χ1) is 8.58. The van der Waals surface area contributed by atoms with Gasteiger partial charge in [0.15, 0.2) is 0 Å². The van der Waals surface area contributed by atoms with Gasteiger partial charge in [0, 0.05) is 27.3 Å². The first kappa shape index (κ1) is 12.8. The fraction of sp³-hybridized carbons (Fsp3) is 0.727. The predicted octanol–water partition coefficient (Wildman–Crippen LogP) is 1.56. The second-order valence-electron chi connectivity index (χ2n) is 4.88. The summed E-state index contributed by atoms with van der Waals surface area (Å²) >= 11 is 0. The van der Waals surface area contributed by atoms with Crippen molar-refractivity contribution in [3.8, 4) is 0 Å². The van der Waals surface area contributed by atoms with Crippen molar-refractivity contribution in [3.05, 3.63) is 16.4 Å². The third-order valence-electron chi connectivity index (χ3n) is 3.52. The summed E-state index contributed by atoms with van der Waals surface area (Å²) in [5.74, 6) is 0.365. The SMILES string of the molecule is COCCC1(CNc2c([N+](=O)[O-])ncn2C)CC1. The Hall–Kier alpha value is -1.63. The number of nitro groups is 1. The van der Waals surface area contributed by atoms with E-state index in [1.54, 1.807) is 18.7 Å². The van der Waals surface area contributed by atoms with E-state index in [2.05, 4.69) is 10.3 Å². The highest BCUT2D eigenvalue weighted by atomic mass is 16.6. The Morgan fingerprint density at radius 1 is 1.67 bits per heavy atom. The van der Waals surface area contributed by atoms with Crippen molar-refractivity contribution in [2.24, 2.45) is 12.5 Å². The van der Waals surface area contributed by atoms with Crippen LogP contribution in [0.15, 0.2) is 6.33 Å². The van der Waals surface area contributed by atoms with Crippen molar-refractivity contribution < 1.29 is 9.66 Å². The highest BCUT2D eigenvalue weighted by molar-refractivity contribution is 5.52. The average molecular weight is 254 g/mol. The standard InChI is InChI=1S/C11H18N4O3/c1-14-8-13-10(15(16)17)9(14)12-7-11(3-4-11)5-6-18-2/h8,12H,3-7H2,1-2H3. The van der Waals surface area contributed by atoms with Crippen LogP contribution in [0.3, 0.4) is 0 Å². The number of hydrogen-bond acceptors (Lipinski definition) is 5. The molecule has 18 heavy (non-hydrogen) atoms. The van der Waals surface area contributed by atoms with E-state index in [-0.39, 0.29) is 11.2 Å². The zero-order valence-electron chi connectivity index (χ0n) is 10.7. The van der Waals surface area contributed by atoms with E-state index in [1.165, 1.54) is 6.33 Å². The van der Waals surface area contributed by atoms with E-state index in [1.807, 2.05) is 0 Å². The van der Waals surface area contributed by atoms with Gasteiger partial charge in [-0.2, -0.15) is 0 Å². The summed E-state index contributed by atoms with van der Waals surface area (Å²) in [4.78, 5) is 14.1. The third-order valence-corrected chi connectivity index (χ3v) is 3.52. The van der Waals surface area contributed by atoms with Gasteiger partial charge in [-0.25, -0.2) is 0 Å². The van der Waals surface area contributed by atoms with Gasteiger partial charge in [-0.05, 0) is 34.6 Å². The Bertz CT molecular complexity index is 439. The summed E-state index contributed by atoms with van der Waals surface area (Å²) in [5.41, 5.74) is 0.244. The molecule has 1 aromatic heterocycles. The van der Waals surface area contributed by atoms with Crippen LogP contribution in [0.2, 0.25) is 0 Å². The number of methoxy groups -OCH3 is 1. The molecule has 0 spiro atoms. The second-order valence-corrected chi connectivity index (χ2v) is 4.88. The Morgan fingerprint density at radius 3 is 2.94 bits per heavy atom. The lowest BCUT2D eigenvalue weighted by Crippen LogP contribution is -2.19. The van der Waals surface area contributed by atoms with Crippen molar-refractivity contribution in [2.45, 2.75) is 19.3 Å². The van der Waals surface area contributed by atoms with Crippen molar-refractivity contribution in [2.75, 3.05) is 25.6 Å². The summed E-state index contributed by atoms with van der Waals surface area (Å²) < 4.78 is 6.73. The number of nitrogens with zero attached hydrogens (tertiary/aromatic N) is 3. The molecule has 1 saturated carbocycles. The molecule has 0 aliphatic heterocycles. The molecule has 1 aliphatic rings. The molecule has 1 heterocycles. The molecule has 1 aliphatic carbocycles. The van der Waals surface area contributed by atoms with Gasteiger partial charge in [-0.3, -0.25) is 4.57 Å². The molecule has 1 N–H and O–H groups in total. The lowest BCUT2D eigenvalue weighted by molar-refractivity contribution is -0.388. The van der Waals surface area contributed by atoms with E-state index >= 15 is 0 Å². The van der Waals surface area contributed by atoms with Gasteiger partial charge < -0.3 is 20.2 Å². The van der Waals surface area contributed by atoms with Crippen LogP contribution in [0, 0.1) is 15.5 Å². The van der Waals surface area contributed by atoms with Gasteiger partial charge in [0.1, 0.15) is 0 Å². The molecule has 0 saturated heterocycles. The van der Waals surface area contributed by atoms with Crippen LogP contribution < -0.4 is 5.32 Å². The maximum absolute atomic E-state index is 10.8. The molecular weight excluding hydrogens is 236 g/mol. The molecule has 0 unspecified atom stereocenters. The second kappa shape index (κ2) is 4.93. The molecule has 1 aromatic rings. The molecule has 0 radical (unpaired) electrons. The topological polar surface area (TPSA) is 82.2 Å². The lowest BCUT2D eigenvalue weighted by atomic mass is 10.0. The third kappa shape index (κ3) is 2.61. The number of rotatable bonds is 7. The Kier molecular flexibility index (Phi) is 3.51. The zero-order chi connectivity index (χ0) is 13.2. The van der Waals surface area contributed by atoms with Crippen LogP contribution in [0.1, 0.15) is 19.3 Å². The summed E-state index contributed by atoms with van der Waals surface area (Å²) in [5, 5.41) is 14.0. The van der Waals surface area contributed by atoms with E-state index < -0.39 is 4.92 Å². The molecule has 100 valence electrons. The molecule has 1 fully saturated rings. The van der Waals surface area contributed by atoms with Crippen LogP contribution in [0.5, 0.6) is 0 Å². The minimum atomic E-state index is -0.461. The van der Waals surface area contributed by atoms with Crippen molar-refractivity contribution in [1.82, 2.24) is 9.55 Å². The zero-order valence-corrected chi connectivity index (χ0v) is 10.7. The number of nitrogens with one attached hydrogen (secondary N) is 1. The summed E-state index contributed by atoms with van der Waals surface area (Å²) in [6.45, 7) is 1.46. The fourth-order valence-corrected chi connectivity index (χ4v) is 2.04. The van der Waals surface area contributed by atoms with Gasteiger partial charge in [-0.1, -0.05) is 0 Å². The van der Waals surface area contributed by atoms with Crippen LogP contribution in [0.4, 0.5) is 11.6 Å². The smallest absolute Gasteiger partial charge is 0.385 e. The molecule has 7 heteroatoms.